The predicted octanol–water partition coefficient (Wildman–Crippen LogP) is 3.96. The molecule has 1 amide bonds. The zero-order valence-corrected chi connectivity index (χ0v) is 16.9. The number of nitrogens with one attached hydrogen (secondary N) is 1. The molecule has 4 aromatic rings. The van der Waals surface area contributed by atoms with Crippen LogP contribution in [0, 0.1) is 0 Å². The number of hydrogen-bond acceptors (Lipinski definition) is 5. The van der Waals surface area contributed by atoms with Crippen LogP contribution in [0.25, 0.3) is 22.4 Å². The Bertz CT molecular complexity index is 1280. The van der Waals surface area contributed by atoms with E-state index in [2.05, 4.69) is 10.3 Å². The van der Waals surface area contributed by atoms with Crippen molar-refractivity contribution in [3.63, 3.8) is 0 Å². The Morgan fingerprint density at radius 1 is 0.935 bits per heavy atom. The molecule has 8 heteroatoms. The van der Waals surface area contributed by atoms with Crippen LogP contribution in [-0.4, -0.2) is 46.0 Å². The topological polar surface area (TPSA) is 108 Å². The van der Waals surface area contributed by atoms with E-state index >= 15 is 0 Å². The number of carbonyl (C=O) groups excluding carboxylic acids is 1. The average molecular weight is 416 g/mol. The summed E-state index contributed by atoms with van der Waals surface area (Å²) < 4.78 is 0.918. The molecule has 0 spiro atoms. The van der Waals surface area contributed by atoms with E-state index in [1.54, 1.807) is 36.4 Å². The number of carboxylic acids is 1. The first-order valence-corrected chi connectivity index (χ1v) is 9.48. The number of carbonyl (C=O) groups is 2. The fraction of sp³-hybridized carbons (Fsp3) is 0.0870. The number of hydrogen-bond donors (Lipinski definition) is 3. The maximum absolute atomic E-state index is 12.5. The summed E-state index contributed by atoms with van der Waals surface area (Å²) in [5, 5.41) is 22.4. The van der Waals surface area contributed by atoms with Crippen molar-refractivity contribution in [2.75, 3.05) is 24.3 Å². The molecule has 0 unspecified atom stereocenters. The van der Waals surface area contributed by atoms with E-state index in [1.807, 2.05) is 31.1 Å². The van der Waals surface area contributed by atoms with Gasteiger partial charge in [-0.1, -0.05) is 0 Å². The van der Waals surface area contributed by atoms with Crippen LogP contribution in [0.4, 0.5) is 11.4 Å². The van der Waals surface area contributed by atoms with Crippen molar-refractivity contribution in [2.24, 2.45) is 0 Å². The standard InChI is InChI=1S/C23H20N4O4/c1-26(2)18-10-5-15(6-11-18)22(28)24-17-8-3-14(4-9-17)21-25-19-13-16(23(29)30)7-12-20(19)27(21)31/h3-13,31H,1-2H3,(H,24,28)(H,29,30). The van der Waals surface area contributed by atoms with Crippen molar-refractivity contribution >= 4 is 34.3 Å². The minimum absolute atomic E-state index is 0.0915. The van der Waals surface area contributed by atoms with Gasteiger partial charge in [-0.3, -0.25) is 4.79 Å². The largest absolute Gasteiger partial charge is 0.478 e. The van der Waals surface area contributed by atoms with Gasteiger partial charge in [0.15, 0.2) is 5.82 Å². The molecule has 0 radical (unpaired) electrons. The summed E-state index contributed by atoms with van der Waals surface area (Å²) in [6.07, 6.45) is 0. The first-order chi connectivity index (χ1) is 14.8. The molecule has 4 rings (SSSR count). The fourth-order valence-electron chi connectivity index (χ4n) is 3.20. The predicted molar refractivity (Wildman–Crippen MR) is 118 cm³/mol. The second-order valence-corrected chi connectivity index (χ2v) is 7.23. The van der Waals surface area contributed by atoms with Gasteiger partial charge < -0.3 is 20.5 Å². The number of imidazole rings is 1. The Morgan fingerprint density at radius 3 is 2.19 bits per heavy atom. The molecule has 156 valence electrons. The van der Waals surface area contributed by atoms with Crippen molar-refractivity contribution in [1.82, 2.24) is 9.71 Å². The highest BCUT2D eigenvalue weighted by Crippen LogP contribution is 2.25. The molecular formula is C23H20N4O4. The second kappa shape index (κ2) is 7.83. The van der Waals surface area contributed by atoms with Crippen LogP contribution >= 0.6 is 0 Å². The summed E-state index contributed by atoms with van der Waals surface area (Å²) >= 11 is 0. The lowest BCUT2D eigenvalue weighted by atomic mass is 10.1. The van der Waals surface area contributed by atoms with Crippen LogP contribution in [0.3, 0.4) is 0 Å². The number of rotatable bonds is 5. The molecule has 31 heavy (non-hydrogen) atoms. The van der Waals surface area contributed by atoms with E-state index in [-0.39, 0.29) is 17.3 Å². The molecule has 0 saturated carbocycles. The molecule has 0 atom stereocenters. The zero-order valence-electron chi connectivity index (χ0n) is 16.9. The molecule has 3 aromatic carbocycles. The summed E-state index contributed by atoms with van der Waals surface area (Å²) in [5.41, 5.74) is 3.62. The maximum atomic E-state index is 12.5. The van der Waals surface area contributed by atoms with Gasteiger partial charge in [0.2, 0.25) is 0 Å². The van der Waals surface area contributed by atoms with Crippen LogP contribution in [-0.2, 0) is 0 Å². The number of anilines is 2. The average Bonchev–Trinajstić information content (AvgIpc) is 3.10. The van der Waals surface area contributed by atoms with E-state index in [1.165, 1.54) is 18.2 Å². The highest BCUT2D eigenvalue weighted by Gasteiger charge is 2.14. The highest BCUT2D eigenvalue weighted by atomic mass is 16.5. The van der Waals surface area contributed by atoms with Gasteiger partial charge in [0.05, 0.1) is 11.1 Å². The Morgan fingerprint density at radius 2 is 1.58 bits per heavy atom. The Hall–Kier alpha value is -4.33. The van der Waals surface area contributed by atoms with Gasteiger partial charge in [-0.2, -0.15) is 4.73 Å². The van der Waals surface area contributed by atoms with Crippen LogP contribution in [0.5, 0.6) is 0 Å². The van der Waals surface area contributed by atoms with Gasteiger partial charge in [0.1, 0.15) is 5.52 Å². The number of benzene rings is 3. The first-order valence-electron chi connectivity index (χ1n) is 9.48. The van der Waals surface area contributed by atoms with Crippen molar-refractivity contribution < 1.29 is 19.9 Å². The molecule has 3 N–H and O–H groups in total. The van der Waals surface area contributed by atoms with Crippen molar-refractivity contribution in [3.05, 3.63) is 77.9 Å². The van der Waals surface area contributed by atoms with Crippen LogP contribution in [0.1, 0.15) is 20.7 Å². The third-order valence-electron chi connectivity index (χ3n) is 4.92. The lowest BCUT2D eigenvalue weighted by Gasteiger charge is -2.12. The minimum Gasteiger partial charge on any atom is -0.478 e. The third-order valence-corrected chi connectivity index (χ3v) is 4.92. The molecule has 0 saturated heterocycles. The lowest BCUT2D eigenvalue weighted by Crippen LogP contribution is -2.13. The molecule has 0 fully saturated rings. The monoisotopic (exact) mass is 416 g/mol. The van der Waals surface area contributed by atoms with Gasteiger partial charge in [-0.05, 0) is 66.7 Å². The summed E-state index contributed by atoms with van der Waals surface area (Å²) in [5.74, 6) is -1.02. The summed E-state index contributed by atoms with van der Waals surface area (Å²) in [4.78, 5) is 29.9. The molecular weight excluding hydrogens is 396 g/mol. The third kappa shape index (κ3) is 3.91. The fourth-order valence-corrected chi connectivity index (χ4v) is 3.20. The summed E-state index contributed by atoms with van der Waals surface area (Å²) in [6.45, 7) is 0. The van der Waals surface area contributed by atoms with Crippen LogP contribution in [0.2, 0.25) is 0 Å². The van der Waals surface area contributed by atoms with E-state index in [0.29, 0.717) is 27.8 Å². The number of aromatic carboxylic acids is 1. The summed E-state index contributed by atoms with van der Waals surface area (Å²) in [6, 6.07) is 18.5. The molecule has 8 nitrogen and oxygen atoms in total. The minimum atomic E-state index is -1.06. The van der Waals surface area contributed by atoms with Crippen LogP contribution < -0.4 is 10.2 Å². The number of fused-ring (bicyclic) bond motifs is 1. The van der Waals surface area contributed by atoms with Crippen molar-refractivity contribution in [1.29, 1.82) is 0 Å². The van der Waals surface area contributed by atoms with Crippen molar-refractivity contribution in [3.8, 4) is 11.4 Å². The Balaban J connectivity index is 1.54. The lowest BCUT2D eigenvalue weighted by molar-refractivity contribution is 0.0696. The first kappa shape index (κ1) is 20.0. The van der Waals surface area contributed by atoms with E-state index in [4.69, 9.17) is 5.11 Å². The Kier molecular flexibility index (Phi) is 5.04. The van der Waals surface area contributed by atoms with Crippen LogP contribution in [0.15, 0.2) is 66.7 Å². The molecule has 0 aliphatic heterocycles. The number of aromatic nitrogens is 2. The summed E-state index contributed by atoms with van der Waals surface area (Å²) in [7, 11) is 3.87. The van der Waals surface area contributed by atoms with Gasteiger partial charge in [-0.15, -0.1) is 0 Å². The van der Waals surface area contributed by atoms with Gasteiger partial charge in [0.25, 0.3) is 5.91 Å². The number of nitrogens with zero attached hydrogens (tertiary/aromatic N) is 3. The van der Waals surface area contributed by atoms with Crippen molar-refractivity contribution in [2.45, 2.75) is 0 Å². The number of carboxylic acid groups (broad SMARTS) is 1. The van der Waals surface area contributed by atoms with E-state index in [0.717, 1.165) is 10.4 Å². The zero-order chi connectivity index (χ0) is 22.1. The molecule has 0 bridgehead atoms. The number of amides is 1. The van der Waals surface area contributed by atoms with Gasteiger partial charge in [0, 0.05) is 36.6 Å². The quantitative estimate of drug-likeness (QED) is 0.425. The van der Waals surface area contributed by atoms with Gasteiger partial charge in [-0.25, -0.2) is 9.78 Å². The second-order valence-electron chi connectivity index (χ2n) is 7.23. The van der Waals surface area contributed by atoms with Gasteiger partial charge >= 0.3 is 5.97 Å². The molecule has 0 aliphatic carbocycles. The Labute approximate surface area is 178 Å². The van der Waals surface area contributed by atoms with E-state index in [9.17, 15) is 14.8 Å². The molecule has 0 aliphatic rings. The molecule has 1 aromatic heterocycles. The highest BCUT2D eigenvalue weighted by molar-refractivity contribution is 6.04. The SMILES string of the molecule is CN(C)c1ccc(C(=O)Nc2ccc(-c3nc4cc(C(=O)O)ccc4n3O)cc2)cc1. The maximum Gasteiger partial charge on any atom is 0.335 e. The van der Waals surface area contributed by atoms with E-state index < -0.39 is 5.97 Å². The smallest absolute Gasteiger partial charge is 0.335 e. The molecule has 1 heterocycles. The normalized spacial score (nSPS) is 10.8.